The van der Waals surface area contributed by atoms with E-state index in [9.17, 15) is 9.59 Å². The van der Waals surface area contributed by atoms with Crippen LogP contribution in [0.25, 0.3) is 0 Å². The fraction of sp³-hybridized carbons (Fsp3) is 0.333. The third kappa shape index (κ3) is 4.15. The second-order valence-corrected chi connectivity index (χ2v) is 5.49. The number of nitrogens with one attached hydrogen (secondary N) is 1. The molecule has 7 heteroatoms. The molecular formula is C18H19N5O2. The average molecular weight is 337 g/mol. The van der Waals surface area contributed by atoms with Gasteiger partial charge < -0.3 is 15.1 Å². The number of aldehydes is 1. The van der Waals surface area contributed by atoms with E-state index in [0.29, 0.717) is 49.7 Å². The fourth-order valence-electron chi connectivity index (χ4n) is 2.67. The maximum atomic E-state index is 12.6. The van der Waals surface area contributed by atoms with Crippen molar-refractivity contribution >= 4 is 12.2 Å². The van der Waals surface area contributed by atoms with E-state index in [1.165, 1.54) is 0 Å². The lowest BCUT2D eigenvalue weighted by molar-refractivity contribution is 0.0753. The molecule has 0 spiro atoms. The number of carbonyl (C=O) groups excluding carboxylic acids is 2. The molecule has 0 bridgehead atoms. The highest BCUT2D eigenvalue weighted by Crippen LogP contribution is 2.13. The smallest absolute Gasteiger partial charge is 0.253 e. The van der Waals surface area contributed by atoms with Crippen molar-refractivity contribution in [2.45, 2.75) is 6.92 Å². The van der Waals surface area contributed by atoms with Crippen molar-refractivity contribution in [2.24, 2.45) is 0 Å². The maximum absolute atomic E-state index is 12.6. The molecule has 25 heavy (non-hydrogen) atoms. The van der Waals surface area contributed by atoms with E-state index >= 15 is 0 Å². The summed E-state index contributed by atoms with van der Waals surface area (Å²) in [6, 6.07) is 10.3. The number of benzene rings is 1. The van der Waals surface area contributed by atoms with Crippen LogP contribution in [0, 0.1) is 22.7 Å². The Morgan fingerprint density at radius 1 is 1.32 bits per heavy atom. The predicted molar refractivity (Wildman–Crippen MR) is 91.2 cm³/mol. The van der Waals surface area contributed by atoms with Gasteiger partial charge in [0.15, 0.2) is 5.57 Å². The molecule has 0 atom stereocenters. The molecular weight excluding hydrogens is 318 g/mol. The molecule has 1 aromatic carbocycles. The molecule has 0 saturated carbocycles. The van der Waals surface area contributed by atoms with Crippen molar-refractivity contribution in [3.63, 3.8) is 0 Å². The largest absolute Gasteiger partial charge is 0.368 e. The van der Waals surface area contributed by atoms with Crippen LogP contribution >= 0.6 is 0 Å². The van der Waals surface area contributed by atoms with E-state index in [-0.39, 0.29) is 11.5 Å². The molecule has 0 aromatic heterocycles. The first-order valence-electron chi connectivity index (χ1n) is 8.02. The predicted octanol–water partition coefficient (Wildman–Crippen LogP) is 1.13. The zero-order valence-electron chi connectivity index (χ0n) is 14.0. The number of hydrogen-bond acceptors (Lipinski definition) is 6. The van der Waals surface area contributed by atoms with Gasteiger partial charge in [-0.1, -0.05) is 12.1 Å². The highest BCUT2D eigenvalue weighted by Gasteiger charge is 2.22. The molecule has 0 aliphatic carbocycles. The number of allylic oxidation sites excluding steroid dienone is 1. The molecule has 0 unspecified atom stereocenters. The Morgan fingerprint density at radius 3 is 2.56 bits per heavy atom. The molecule has 1 aliphatic rings. The van der Waals surface area contributed by atoms with Gasteiger partial charge in [0, 0.05) is 43.9 Å². The molecule has 1 aliphatic heterocycles. The van der Waals surface area contributed by atoms with E-state index < -0.39 is 0 Å². The Balaban J connectivity index is 2.05. The van der Waals surface area contributed by atoms with Crippen LogP contribution in [-0.4, -0.2) is 54.7 Å². The summed E-state index contributed by atoms with van der Waals surface area (Å²) in [4.78, 5) is 26.9. The summed E-state index contributed by atoms with van der Waals surface area (Å²) in [5.74, 6) is 0.419. The van der Waals surface area contributed by atoms with Crippen molar-refractivity contribution in [1.82, 2.24) is 15.1 Å². The Kier molecular flexibility index (Phi) is 6.14. The van der Waals surface area contributed by atoms with Crippen molar-refractivity contribution < 1.29 is 9.59 Å². The van der Waals surface area contributed by atoms with E-state index in [0.717, 1.165) is 6.29 Å². The Labute approximate surface area is 146 Å². The van der Waals surface area contributed by atoms with Gasteiger partial charge in [0.05, 0.1) is 0 Å². The first kappa shape index (κ1) is 18.0. The van der Waals surface area contributed by atoms with Crippen molar-refractivity contribution in [1.29, 1.82) is 10.5 Å². The highest BCUT2D eigenvalue weighted by molar-refractivity contribution is 5.94. The van der Waals surface area contributed by atoms with Gasteiger partial charge in [-0.25, -0.2) is 0 Å². The quantitative estimate of drug-likeness (QED) is 0.617. The third-order valence-electron chi connectivity index (χ3n) is 4.05. The zero-order valence-corrected chi connectivity index (χ0v) is 14.0. The van der Waals surface area contributed by atoms with Crippen LogP contribution in [0.2, 0.25) is 0 Å². The van der Waals surface area contributed by atoms with E-state index in [1.54, 1.807) is 29.2 Å². The Hall–Kier alpha value is -3.32. The minimum atomic E-state index is -0.113. The van der Waals surface area contributed by atoms with Gasteiger partial charge in [-0.15, -0.1) is 0 Å². The summed E-state index contributed by atoms with van der Waals surface area (Å²) < 4.78 is 0. The number of nitriles is 2. The lowest BCUT2D eigenvalue weighted by atomic mass is 10.1. The van der Waals surface area contributed by atoms with E-state index in [4.69, 9.17) is 10.5 Å². The fourth-order valence-corrected chi connectivity index (χ4v) is 2.67. The van der Waals surface area contributed by atoms with Crippen molar-refractivity contribution in [3.05, 3.63) is 46.8 Å². The lowest BCUT2D eigenvalue weighted by Gasteiger charge is -2.25. The molecule has 0 radical (unpaired) electrons. The van der Waals surface area contributed by atoms with Gasteiger partial charge in [0.25, 0.3) is 5.91 Å². The second-order valence-electron chi connectivity index (χ2n) is 5.49. The van der Waals surface area contributed by atoms with Crippen molar-refractivity contribution in [2.75, 3.05) is 32.7 Å². The minimum absolute atomic E-state index is 0.0522. The van der Waals surface area contributed by atoms with Gasteiger partial charge in [0.1, 0.15) is 24.2 Å². The minimum Gasteiger partial charge on any atom is -0.368 e. The molecule has 7 nitrogen and oxygen atoms in total. The van der Waals surface area contributed by atoms with Gasteiger partial charge in [-0.3, -0.25) is 9.59 Å². The molecule has 1 amide bonds. The number of likely N-dealkylation sites (N-methyl/N-ethyl adjacent to an activating group) is 1. The number of nitrogens with zero attached hydrogens (tertiary/aromatic N) is 4. The SMILES string of the molecule is CCN(CCN1CCNC1=C(C#N)C#N)C(=O)c1ccc(C=O)cc1. The lowest BCUT2D eigenvalue weighted by Crippen LogP contribution is -2.38. The number of rotatable bonds is 6. The van der Waals surface area contributed by atoms with Gasteiger partial charge in [-0.05, 0) is 19.1 Å². The Morgan fingerprint density at radius 2 is 2.00 bits per heavy atom. The van der Waals surface area contributed by atoms with Crippen LogP contribution in [0.1, 0.15) is 27.6 Å². The average Bonchev–Trinajstić information content (AvgIpc) is 3.11. The highest BCUT2D eigenvalue weighted by atomic mass is 16.2. The topological polar surface area (TPSA) is 100 Å². The number of hydrogen-bond donors (Lipinski definition) is 1. The second kappa shape index (κ2) is 8.51. The molecule has 1 heterocycles. The van der Waals surface area contributed by atoms with Crippen LogP contribution in [0.5, 0.6) is 0 Å². The van der Waals surface area contributed by atoms with Crippen LogP contribution in [0.4, 0.5) is 0 Å². The van der Waals surface area contributed by atoms with Crippen LogP contribution in [-0.2, 0) is 0 Å². The van der Waals surface area contributed by atoms with Crippen LogP contribution in [0.15, 0.2) is 35.7 Å². The first-order valence-corrected chi connectivity index (χ1v) is 8.02. The first-order chi connectivity index (χ1) is 12.1. The summed E-state index contributed by atoms with van der Waals surface area (Å²) in [6.45, 7) is 4.78. The molecule has 1 fully saturated rings. The zero-order chi connectivity index (χ0) is 18.2. The van der Waals surface area contributed by atoms with Gasteiger partial charge in [0.2, 0.25) is 0 Å². The molecule has 2 rings (SSSR count). The summed E-state index contributed by atoms with van der Waals surface area (Å²) in [5.41, 5.74) is 1.10. The summed E-state index contributed by atoms with van der Waals surface area (Å²) in [7, 11) is 0. The summed E-state index contributed by atoms with van der Waals surface area (Å²) in [5, 5.41) is 21.1. The monoisotopic (exact) mass is 337 g/mol. The maximum Gasteiger partial charge on any atom is 0.253 e. The van der Waals surface area contributed by atoms with E-state index in [2.05, 4.69) is 5.32 Å². The molecule has 128 valence electrons. The van der Waals surface area contributed by atoms with E-state index in [1.807, 2.05) is 24.0 Å². The summed E-state index contributed by atoms with van der Waals surface area (Å²) >= 11 is 0. The van der Waals surface area contributed by atoms with Crippen LogP contribution < -0.4 is 5.32 Å². The standard InChI is InChI=1S/C18H19N5O2/c1-2-22(18(25)15-5-3-14(13-24)4-6-15)9-10-23-8-7-21-17(23)16(11-19)12-20/h3-6,13,21H,2,7-10H2,1H3. The molecule has 1 aromatic rings. The summed E-state index contributed by atoms with van der Waals surface area (Å²) in [6.07, 6.45) is 0.738. The normalized spacial score (nSPS) is 12.8. The molecule has 1 saturated heterocycles. The van der Waals surface area contributed by atoms with Gasteiger partial charge in [-0.2, -0.15) is 10.5 Å². The van der Waals surface area contributed by atoms with Crippen LogP contribution in [0.3, 0.4) is 0 Å². The Bertz CT molecular complexity index is 739. The third-order valence-corrected chi connectivity index (χ3v) is 4.05. The number of amides is 1. The number of carbonyl (C=O) groups is 2. The van der Waals surface area contributed by atoms with Gasteiger partial charge >= 0.3 is 0 Å². The van der Waals surface area contributed by atoms with Crippen molar-refractivity contribution in [3.8, 4) is 12.1 Å². The molecule has 1 N–H and O–H groups in total.